The van der Waals surface area contributed by atoms with Gasteiger partial charge in [0.05, 0.1) is 6.54 Å². The van der Waals surface area contributed by atoms with E-state index < -0.39 is 0 Å². The van der Waals surface area contributed by atoms with Gasteiger partial charge in [0.15, 0.2) is 0 Å². The molecule has 0 atom stereocenters. The van der Waals surface area contributed by atoms with Crippen molar-refractivity contribution in [2.24, 2.45) is 5.73 Å². The molecule has 0 aromatic heterocycles. The molecule has 0 saturated heterocycles. The highest BCUT2D eigenvalue weighted by Crippen LogP contribution is 2.28. The molecule has 18 heavy (non-hydrogen) atoms. The van der Waals surface area contributed by atoms with E-state index >= 15 is 0 Å². The van der Waals surface area contributed by atoms with Gasteiger partial charge in [0, 0.05) is 17.3 Å². The smallest absolute Gasteiger partial charge is 0.236 e. The minimum absolute atomic E-state index is 0.241. The van der Waals surface area contributed by atoms with Crippen molar-refractivity contribution in [3.05, 3.63) is 29.8 Å². The zero-order valence-corrected chi connectivity index (χ0v) is 10.3. The molecule has 1 fully saturated rings. The average Bonchev–Trinajstić information content (AvgIpc) is 2.89. The number of nitrogens with two attached hydrogens (primary N) is 1. The van der Waals surface area contributed by atoms with E-state index in [2.05, 4.69) is 4.90 Å². The van der Waals surface area contributed by atoms with Crippen LogP contribution in [0.2, 0.25) is 0 Å². The Morgan fingerprint density at radius 2 is 1.89 bits per heavy atom. The summed E-state index contributed by atoms with van der Waals surface area (Å²) in [6, 6.07) is 7.69. The van der Waals surface area contributed by atoms with E-state index in [9.17, 15) is 9.59 Å². The highest BCUT2D eigenvalue weighted by atomic mass is 16.1. The van der Waals surface area contributed by atoms with Crippen LogP contribution >= 0.6 is 0 Å². The second-order valence-electron chi connectivity index (χ2n) is 4.74. The molecular formula is C14H18N2O2. The van der Waals surface area contributed by atoms with Crippen molar-refractivity contribution in [2.45, 2.75) is 31.7 Å². The van der Waals surface area contributed by atoms with E-state index in [1.165, 1.54) is 12.8 Å². The van der Waals surface area contributed by atoms with Crippen LogP contribution in [0.1, 0.15) is 36.0 Å². The number of rotatable bonds is 5. The fraction of sp³-hybridized carbons (Fsp3) is 0.429. The Morgan fingerprint density at radius 1 is 1.28 bits per heavy atom. The third-order valence-electron chi connectivity index (χ3n) is 3.45. The summed E-state index contributed by atoms with van der Waals surface area (Å²) in [6.45, 7) is 0.241. The normalized spacial score (nSPS) is 15.6. The Kier molecular flexibility index (Phi) is 3.97. The van der Waals surface area contributed by atoms with Gasteiger partial charge in [-0.05, 0) is 37.1 Å². The molecule has 2 rings (SSSR count). The molecule has 1 aromatic rings. The van der Waals surface area contributed by atoms with Gasteiger partial charge in [0.1, 0.15) is 6.29 Å². The van der Waals surface area contributed by atoms with Crippen LogP contribution in [0.3, 0.4) is 0 Å². The summed E-state index contributed by atoms with van der Waals surface area (Å²) < 4.78 is 0. The summed E-state index contributed by atoms with van der Waals surface area (Å²) in [5, 5.41) is 0. The Balaban J connectivity index is 2.20. The van der Waals surface area contributed by atoms with Crippen molar-refractivity contribution >= 4 is 17.9 Å². The number of anilines is 1. The average molecular weight is 246 g/mol. The molecule has 0 heterocycles. The summed E-state index contributed by atoms with van der Waals surface area (Å²) >= 11 is 0. The van der Waals surface area contributed by atoms with Crippen LogP contribution in [0, 0.1) is 0 Å². The molecule has 4 nitrogen and oxygen atoms in total. The quantitative estimate of drug-likeness (QED) is 0.805. The van der Waals surface area contributed by atoms with Crippen LogP contribution in [0.4, 0.5) is 5.69 Å². The van der Waals surface area contributed by atoms with Gasteiger partial charge in [0.25, 0.3) is 0 Å². The Morgan fingerprint density at radius 3 is 2.39 bits per heavy atom. The van der Waals surface area contributed by atoms with E-state index in [0.717, 1.165) is 24.8 Å². The molecule has 0 radical (unpaired) electrons. The van der Waals surface area contributed by atoms with Crippen LogP contribution in [0.15, 0.2) is 24.3 Å². The minimum atomic E-state index is -0.318. The van der Waals surface area contributed by atoms with Crippen molar-refractivity contribution in [2.75, 3.05) is 11.4 Å². The highest BCUT2D eigenvalue weighted by Gasteiger charge is 2.23. The zero-order chi connectivity index (χ0) is 13.0. The minimum Gasteiger partial charge on any atom is -0.368 e. The fourth-order valence-electron chi connectivity index (χ4n) is 2.56. The molecule has 1 amide bonds. The lowest BCUT2D eigenvalue weighted by atomic mass is 10.1. The van der Waals surface area contributed by atoms with Crippen LogP contribution in [0.25, 0.3) is 0 Å². The maximum absolute atomic E-state index is 11.2. The van der Waals surface area contributed by atoms with Gasteiger partial charge in [-0.25, -0.2) is 0 Å². The summed E-state index contributed by atoms with van der Waals surface area (Å²) in [4.78, 5) is 23.9. The first-order chi connectivity index (χ1) is 8.70. The molecule has 0 unspecified atom stereocenters. The largest absolute Gasteiger partial charge is 0.368 e. The summed E-state index contributed by atoms with van der Waals surface area (Å²) in [5.41, 5.74) is 6.92. The van der Waals surface area contributed by atoms with Crippen molar-refractivity contribution in [1.82, 2.24) is 0 Å². The van der Waals surface area contributed by atoms with Crippen LogP contribution < -0.4 is 10.6 Å². The van der Waals surface area contributed by atoms with Crippen molar-refractivity contribution in [3.63, 3.8) is 0 Å². The van der Waals surface area contributed by atoms with Crippen LogP contribution in [0.5, 0.6) is 0 Å². The lowest BCUT2D eigenvalue weighted by Crippen LogP contribution is -2.40. The first-order valence-corrected chi connectivity index (χ1v) is 6.31. The summed E-state index contributed by atoms with van der Waals surface area (Å²) in [6.07, 6.45) is 5.42. The first kappa shape index (κ1) is 12.6. The monoisotopic (exact) mass is 246 g/mol. The topological polar surface area (TPSA) is 63.4 Å². The Bertz CT molecular complexity index is 422. The number of primary amides is 1. The highest BCUT2D eigenvalue weighted by molar-refractivity contribution is 5.80. The number of aldehydes is 1. The Hall–Kier alpha value is -1.84. The van der Waals surface area contributed by atoms with Gasteiger partial charge in [-0.15, -0.1) is 0 Å². The molecule has 2 N–H and O–H groups in total. The molecule has 96 valence electrons. The van der Waals surface area contributed by atoms with Crippen molar-refractivity contribution in [3.8, 4) is 0 Å². The molecule has 0 spiro atoms. The third-order valence-corrected chi connectivity index (χ3v) is 3.45. The molecule has 1 aliphatic rings. The van der Waals surface area contributed by atoms with Gasteiger partial charge >= 0.3 is 0 Å². The number of amides is 1. The molecule has 0 aliphatic heterocycles. The Labute approximate surface area is 107 Å². The number of hydrogen-bond donors (Lipinski definition) is 1. The van der Waals surface area contributed by atoms with Gasteiger partial charge in [0.2, 0.25) is 5.91 Å². The molecular weight excluding hydrogens is 228 g/mol. The second-order valence-corrected chi connectivity index (χ2v) is 4.74. The molecule has 1 aliphatic carbocycles. The predicted octanol–water partition coefficient (Wildman–Crippen LogP) is 1.73. The summed E-state index contributed by atoms with van der Waals surface area (Å²) in [7, 11) is 0. The fourth-order valence-corrected chi connectivity index (χ4v) is 2.56. The lowest BCUT2D eigenvalue weighted by Gasteiger charge is -2.30. The van der Waals surface area contributed by atoms with E-state index in [4.69, 9.17) is 5.73 Å². The van der Waals surface area contributed by atoms with Gasteiger partial charge < -0.3 is 10.6 Å². The standard InChI is InChI=1S/C14H18N2O2/c15-14(18)9-16(12-3-1-2-4-12)13-7-5-11(10-17)6-8-13/h5-8,10,12H,1-4,9H2,(H2,15,18). The van der Waals surface area contributed by atoms with Crippen LogP contribution in [-0.2, 0) is 4.79 Å². The van der Waals surface area contributed by atoms with E-state index in [1.807, 2.05) is 12.1 Å². The van der Waals surface area contributed by atoms with E-state index in [-0.39, 0.29) is 12.5 Å². The third kappa shape index (κ3) is 2.88. The van der Waals surface area contributed by atoms with Crippen molar-refractivity contribution in [1.29, 1.82) is 0 Å². The number of carbonyl (C=O) groups excluding carboxylic acids is 2. The predicted molar refractivity (Wildman–Crippen MR) is 70.6 cm³/mol. The molecule has 0 bridgehead atoms. The van der Waals surface area contributed by atoms with Crippen LogP contribution in [-0.4, -0.2) is 24.8 Å². The van der Waals surface area contributed by atoms with E-state index in [0.29, 0.717) is 11.6 Å². The lowest BCUT2D eigenvalue weighted by molar-refractivity contribution is -0.116. The van der Waals surface area contributed by atoms with Gasteiger partial charge in [-0.2, -0.15) is 0 Å². The number of benzene rings is 1. The second kappa shape index (κ2) is 5.67. The first-order valence-electron chi connectivity index (χ1n) is 6.31. The maximum Gasteiger partial charge on any atom is 0.236 e. The number of nitrogens with zero attached hydrogens (tertiary/aromatic N) is 1. The number of hydrogen-bond acceptors (Lipinski definition) is 3. The molecule has 1 saturated carbocycles. The van der Waals surface area contributed by atoms with Gasteiger partial charge in [-0.1, -0.05) is 12.8 Å². The molecule has 1 aromatic carbocycles. The SMILES string of the molecule is NC(=O)CN(c1ccc(C=O)cc1)C1CCCC1. The van der Waals surface area contributed by atoms with Gasteiger partial charge in [-0.3, -0.25) is 9.59 Å². The summed E-state index contributed by atoms with van der Waals surface area (Å²) in [5.74, 6) is -0.318. The van der Waals surface area contributed by atoms with Crippen molar-refractivity contribution < 1.29 is 9.59 Å². The van der Waals surface area contributed by atoms with E-state index in [1.54, 1.807) is 12.1 Å². The molecule has 4 heteroatoms. The number of carbonyl (C=O) groups is 2. The maximum atomic E-state index is 11.2. The zero-order valence-electron chi connectivity index (χ0n) is 10.3.